The van der Waals surface area contributed by atoms with Crippen molar-refractivity contribution < 1.29 is 0 Å². The van der Waals surface area contributed by atoms with Crippen molar-refractivity contribution in [1.82, 2.24) is 5.32 Å². The first kappa shape index (κ1) is 9.68. The summed E-state index contributed by atoms with van der Waals surface area (Å²) >= 11 is 6.01. The van der Waals surface area contributed by atoms with Gasteiger partial charge in [-0.05, 0) is 54.8 Å². The summed E-state index contributed by atoms with van der Waals surface area (Å²) < 4.78 is 0. The minimum Gasteiger partial charge on any atom is -0.316 e. The Morgan fingerprint density at radius 1 is 1.47 bits per heavy atom. The first-order chi connectivity index (χ1) is 7.28. The summed E-state index contributed by atoms with van der Waals surface area (Å²) in [5, 5.41) is 4.39. The average molecular weight is 222 g/mol. The van der Waals surface area contributed by atoms with Gasteiger partial charge in [0.2, 0.25) is 0 Å². The highest BCUT2D eigenvalue weighted by Crippen LogP contribution is 2.51. The Labute approximate surface area is 95.8 Å². The maximum Gasteiger partial charge on any atom is 0.0408 e. The van der Waals surface area contributed by atoms with Gasteiger partial charge in [-0.1, -0.05) is 23.7 Å². The van der Waals surface area contributed by atoms with Gasteiger partial charge in [0.05, 0.1) is 0 Å². The fourth-order valence-electron chi connectivity index (χ4n) is 3.15. The predicted molar refractivity (Wildman–Crippen MR) is 63.2 cm³/mol. The Bertz CT molecular complexity index is 377. The van der Waals surface area contributed by atoms with Crippen molar-refractivity contribution in [2.24, 2.45) is 11.3 Å². The summed E-state index contributed by atoms with van der Waals surface area (Å²) in [5.41, 5.74) is 1.96. The molecule has 1 aliphatic carbocycles. The molecule has 2 aliphatic rings. The second kappa shape index (κ2) is 3.50. The van der Waals surface area contributed by atoms with Crippen LogP contribution in [0.3, 0.4) is 0 Å². The van der Waals surface area contributed by atoms with Crippen LogP contribution in [0.2, 0.25) is 5.02 Å². The summed E-state index contributed by atoms with van der Waals surface area (Å²) in [6, 6.07) is 8.33. The van der Waals surface area contributed by atoms with Crippen molar-refractivity contribution >= 4 is 11.6 Å². The molecule has 0 amide bonds. The summed E-state index contributed by atoms with van der Waals surface area (Å²) in [6.07, 6.45) is 4.00. The highest BCUT2D eigenvalue weighted by atomic mass is 35.5. The van der Waals surface area contributed by atoms with E-state index < -0.39 is 0 Å². The molecular formula is C13H16ClN. The minimum absolute atomic E-state index is 0.560. The smallest absolute Gasteiger partial charge is 0.0408 e. The van der Waals surface area contributed by atoms with E-state index in [2.05, 4.69) is 23.5 Å². The maximum absolute atomic E-state index is 6.01. The van der Waals surface area contributed by atoms with Crippen molar-refractivity contribution in [3.63, 3.8) is 0 Å². The SMILES string of the molecule is Clc1cccc(CC23CCC2CNC3)c1. The second-order valence-corrected chi connectivity index (χ2v) is 5.47. The fourth-order valence-corrected chi connectivity index (χ4v) is 3.36. The van der Waals surface area contributed by atoms with Gasteiger partial charge in [-0.15, -0.1) is 0 Å². The van der Waals surface area contributed by atoms with Crippen LogP contribution in [0.4, 0.5) is 0 Å². The van der Waals surface area contributed by atoms with Crippen molar-refractivity contribution in [3.05, 3.63) is 34.9 Å². The van der Waals surface area contributed by atoms with Gasteiger partial charge in [0.25, 0.3) is 0 Å². The largest absolute Gasteiger partial charge is 0.316 e. The van der Waals surface area contributed by atoms with Gasteiger partial charge in [-0.3, -0.25) is 0 Å². The molecule has 1 N–H and O–H groups in total. The molecule has 3 rings (SSSR count). The monoisotopic (exact) mass is 221 g/mol. The molecule has 1 heterocycles. The van der Waals surface area contributed by atoms with Crippen LogP contribution >= 0.6 is 11.6 Å². The van der Waals surface area contributed by atoms with Crippen LogP contribution in [0.1, 0.15) is 18.4 Å². The molecule has 1 saturated carbocycles. The van der Waals surface area contributed by atoms with Crippen LogP contribution in [-0.4, -0.2) is 13.1 Å². The third kappa shape index (κ3) is 1.58. The molecule has 1 saturated heterocycles. The topological polar surface area (TPSA) is 12.0 Å². The maximum atomic E-state index is 6.01. The van der Waals surface area contributed by atoms with E-state index in [0.29, 0.717) is 5.41 Å². The van der Waals surface area contributed by atoms with Gasteiger partial charge in [-0.2, -0.15) is 0 Å². The average Bonchev–Trinajstić information content (AvgIpc) is 2.45. The molecular weight excluding hydrogens is 206 g/mol. The number of benzene rings is 1. The molecule has 80 valence electrons. The number of nitrogens with one attached hydrogen (secondary N) is 1. The van der Waals surface area contributed by atoms with Crippen molar-refractivity contribution in [2.45, 2.75) is 19.3 Å². The molecule has 1 aromatic carbocycles. The Morgan fingerprint density at radius 3 is 3.07 bits per heavy atom. The molecule has 0 bridgehead atoms. The van der Waals surface area contributed by atoms with E-state index in [1.165, 1.54) is 37.9 Å². The van der Waals surface area contributed by atoms with Crippen molar-refractivity contribution in [3.8, 4) is 0 Å². The zero-order valence-electron chi connectivity index (χ0n) is 8.80. The van der Waals surface area contributed by atoms with Gasteiger partial charge in [0.1, 0.15) is 0 Å². The highest BCUT2D eigenvalue weighted by Gasteiger charge is 2.49. The number of hydrogen-bond donors (Lipinski definition) is 1. The van der Waals surface area contributed by atoms with Gasteiger partial charge >= 0.3 is 0 Å². The van der Waals surface area contributed by atoms with Crippen LogP contribution in [0.15, 0.2) is 24.3 Å². The van der Waals surface area contributed by atoms with Crippen LogP contribution in [0.25, 0.3) is 0 Å². The molecule has 1 aromatic rings. The molecule has 1 aliphatic heterocycles. The van der Waals surface area contributed by atoms with E-state index in [0.717, 1.165) is 10.9 Å². The lowest BCUT2D eigenvalue weighted by Crippen LogP contribution is -2.41. The van der Waals surface area contributed by atoms with Crippen molar-refractivity contribution in [2.75, 3.05) is 13.1 Å². The first-order valence-corrected chi connectivity index (χ1v) is 6.11. The van der Waals surface area contributed by atoms with E-state index in [9.17, 15) is 0 Å². The van der Waals surface area contributed by atoms with Gasteiger partial charge in [-0.25, -0.2) is 0 Å². The lowest BCUT2D eigenvalue weighted by Gasteiger charge is -2.44. The summed E-state index contributed by atoms with van der Waals surface area (Å²) in [5.74, 6) is 0.913. The van der Waals surface area contributed by atoms with E-state index in [1.54, 1.807) is 0 Å². The Balaban J connectivity index is 1.80. The first-order valence-electron chi connectivity index (χ1n) is 5.74. The summed E-state index contributed by atoms with van der Waals surface area (Å²) in [6.45, 7) is 2.42. The molecule has 2 unspecified atom stereocenters. The van der Waals surface area contributed by atoms with Crippen molar-refractivity contribution in [1.29, 1.82) is 0 Å². The minimum atomic E-state index is 0.560. The number of fused-ring (bicyclic) bond motifs is 1. The summed E-state index contributed by atoms with van der Waals surface area (Å²) in [7, 11) is 0. The third-order valence-corrected chi connectivity index (χ3v) is 4.40. The molecule has 2 atom stereocenters. The number of rotatable bonds is 2. The Hall–Kier alpha value is -0.530. The lowest BCUT2D eigenvalue weighted by molar-refractivity contribution is 0.0864. The normalized spacial score (nSPS) is 33.5. The van der Waals surface area contributed by atoms with Gasteiger partial charge in [0.15, 0.2) is 0 Å². The lowest BCUT2D eigenvalue weighted by atomic mass is 9.59. The fraction of sp³-hybridized carbons (Fsp3) is 0.538. The van der Waals surface area contributed by atoms with E-state index >= 15 is 0 Å². The van der Waals surface area contributed by atoms with Gasteiger partial charge < -0.3 is 5.32 Å². The molecule has 2 fully saturated rings. The Kier molecular flexibility index (Phi) is 2.26. The van der Waals surface area contributed by atoms with E-state index in [1.807, 2.05) is 6.07 Å². The predicted octanol–water partition coefficient (Wildman–Crippen LogP) is 2.88. The van der Waals surface area contributed by atoms with Crippen LogP contribution in [0, 0.1) is 11.3 Å². The second-order valence-electron chi connectivity index (χ2n) is 5.04. The molecule has 1 nitrogen and oxygen atoms in total. The van der Waals surface area contributed by atoms with Gasteiger partial charge in [0, 0.05) is 11.6 Å². The molecule has 2 heteroatoms. The van der Waals surface area contributed by atoms with Crippen LogP contribution < -0.4 is 5.32 Å². The molecule has 0 aromatic heterocycles. The highest BCUT2D eigenvalue weighted by molar-refractivity contribution is 6.30. The van der Waals surface area contributed by atoms with Crippen LogP contribution in [0.5, 0.6) is 0 Å². The molecule has 0 radical (unpaired) electrons. The zero-order chi connectivity index (χ0) is 10.3. The number of hydrogen-bond acceptors (Lipinski definition) is 1. The quantitative estimate of drug-likeness (QED) is 0.810. The third-order valence-electron chi connectivity index (χ3n) is 4.17. The zero-order valence-corrected chi connectivity index (χ0v) is 9.56. The van der Waals surface area contributed by atoms with E-state index in [-0.39, 0.29) is 0 Å². The van der Waals surface area contributed by atoms with Crippen LogP contribution in [-0.2, 0) is 6.42 Å². The van der Waals surface area contributed by atoms with E-state index in [4.69, 9.17) is 11.6 Å². The molecule has 15 heavy (non-hydrogen) atoms. The molecule has 0 spiro atoms. The summed E-state index contributed by atoms with van der Waals surface area (Å²) in [4.78, 5) is 0. The number of halogens is 1. The standard InChI is InChI=1S/C13H16ClN/c14-12-3-1-2-10(6-12)7-13-5-4-11(13)8-15-9-13/h1-3,6,11,15H,4-5,7-9H2. The Morgan fingerprint density at radius 2 is 2.40 bits per heavy atom.